The van der Waals surface area contributed by atoms with E-state index in [1.165, 1.54) is 45.3 Å². The fourth-order valence-electron chi connectivity index (χ4n) is 4.33. The fraction of sp³-hybridized carbons (Fsp3) is 0.609. The summed E-state index contributed by atoms with van der Waals surface area (Å²) < 4.78 is 11.8. The molecule has 1 atom stereocenters. The number of allylic oxidation sites excluding steroid dienone is 1. The Bertz CT molecular complexity index is 812. The first-order valence-corrected chi connectivity index (χ1v) is 11.0. The molecule has 7 heteroatoms. The number of nitrogens with two attached hydrogens (primary N) is 1. The highest BCUT2D eigenvalue weighted by atomic mass is 16.5. The minimum Gasteiger partial charge on any atom is -0.493 e. The first-order chi connectivity index (χ1) is 14.5. The summed E-state index contributed by atoms with van der Waals surface area (Å²) in [5, 5.41) is 6.57. The second kappa shape index (κ2) is 8.86. The Morgan fingerprint density at radius 2 is 1.90 bits per heavy atom. The van der Waals surface area contributed by atoms with Gasteiger partial charge in [0.05, 0.1) is 13.7 Å². The number of hydrogen-bond donors (Lipinski definition) is 3. The van der Waals surface area contributed by atoms with E-state index in [-0.39, 0.29) is 0 Å². The molecule has 7 nitrogen and oxygen atoms in total. The average Bonchev–Trinajstić information content (AvgIpc) is 3.56. The van der Waals surface area contributed by atoms with Gasteiger partial charge in [-0.2, -0.15) is 0 Å². The smallest absolute Gasteiger partial charge is 0.190 e. The maximum absolute atomic E-state index is 6.65. The Hall–Kier alpha value is -2.25. The molecule has 2 aliphatic heterocycles. The van der Waals surface area contributed by atoms with Crippen LogP contribution in [-0.2, 0) is 5.79 Å². The lowest BCUT2D eigenvalue weighted by Crippen LogP contribution is -2.64. The number of benzene rings is 1. The Kier molecular flexibility index (Phi) is 6.20. The van der Waals surface area contributed by atoms with E-state index in [1.807, 2.05) is 31.2 Å². The number of amidine groups is 1. The van der Waals surface area contributed by atoms with Crippen molar-refractivity contribution in [3.63, 3.8) is 0 Å². The molecule has 1 unspecified atom stereocenters. The molecule has 4 rings (SSSR count). The summed E-state index contributed by atoms with van der Waals surface area (Å²) in [6.07, 6.45) is 7.17. The van der Waals surface area contributed by atoms with Crippen molar-refractivity contribution in [3.05, 3.63) is 35.5 Å². The molecule has 0 aromatic heterocycles. The highest BCUT2D eigenvalue weighted by molar-refractivity contribution is 5.94. The van der Waals surface area contributed by atoms with Gasteiger partial charge in [-0.15, -0.1) is 0 Å². The van der Waals surface area contributed by atoms with Gasteiger partial charge in [-0.1, -0.05) is 0 Å². The molecule has 4 N–H and O–H groups in total. The van der Waals surface area contributed by atoms with E-state index in [1.54, 1.807) is 14.2 Å². The third-order valence-corrected chi connectivity index (χ3v) is 6.33. The minimum atomic E-state index is -0.952. The quantitative estimate of drug-likeness (QED) is 0.637. The average molecular weight is 414 g/mol. The molecule has 0 amide bonds. The van der Waals surface area contributed by atoms with Gasteiger partial charge in [0.25, 0.3) is 0 Å². The summed E-state index contributed by atoms with van der Waals surface area (Å²) in [7, 11) is 3.42. The number of rotatable bonds is 7. The van der Waals surface area contributed by atoms with Gasteiger partial charge in [-0.3, -0.25) is 10.7 Å². The van der Waals surface area contributed by atoms with E-state index in [9.17, 15) is 0 Å². The molecule has 1 saturated heterocycles. The number of nitrogens with zero attached hydrogens (tertiary/aromatic N) is 2. The number of piperidine rings is 1. The monoisotopic (exact) mass is 413 g/mol. The molecule has 0 spiro atoms. The number of aliphatic imine (C=N–C) groups is 1. The molecular weight excluding hydrogens is 378 g/mol. The van der Waals surface area contributed by atoms with Crippen molar-refractivity contribution in [3.8, 4) is 11.5 Å². The van der Waals surface area contributed by atoms with Gasteiger partial charge in [-0.05, 0) is 81.8 Å². The maximum atomic E-state index is 6.65. The summed E-state index contributed by atoms with van der Waals surface area (Å²) in [5.41, 5.74) is 8.47. The molecule has 2 fully saturated rings. The van der Waals surface area contributed by atoms with Crippen LogP contribution in [0.4, 0.5) is 0 Å². The van der Waals surface area contributed by atoms with Crippen LogP contribution in [0.15, 0.2) is 35.0 Å². The summed E-state index contributed by atoms with van der Waals surface area (Å²) in [6, 6.07) is 5.83. The third-order valence-electron chi connectivity index (χ3n) is 6.33. The molecule has 2 heterocycles. The molecule has 30 heavy (non-hydrogen) atoms. The van der Waals surface area contributed by atoms with Crippen LogP contribution in [0.3, 0.4) is 0 Å². The molecular formula is C23H35N5O2. The number of methoxy groups -OCH3 is 1. The predicted molar refractivity (Wildman–Crippen MR) is 120 cm³/mol. The van der Waals surface area contributed by atoms with Crippen LogP contribution >= 0.6 is 0 Å². The van der Waals surface area contributed by atoms with Crippen molar-refractivity contribution in [2.24, 2.45) is 22.6 Å². The van der Waals surface area contributed by atoms with E-state index in [0.717, 1.165) is 34.5 Å². The van der Waals surface area contributed by atoms with Crippen LogP contribution in [0, 0.1) is 11.8 Å². The SMILES string of the molecule is CN=C1C=C(C)NC(N)(c2ccc(OC)c(OCC3CCN(CC4CC4)CC3)c2)N1. The van der Waals surface area contributed by atoms with Crippen LogP contribution < -0.4 is 25.8 Å². The van der Waals surface area contributed by atoms with Gasteiger partial charge >= 0.3 is 0 Å². The Morgan fingerprint density at radius 3 is 2.57 bits per heavy atom. The van der Waals surface area contributed by atoms with Gasteiger partial charge in [0.2, 0.25) is 0 Å². The van der Waals surface area contributed by atoms with Crippen LogP contribution in [-0.4, -0.2) is 51.1 Å². The van der Waals surface area contributed by atoms with Crippen LogP contribution in [0.1, 0.15) is 38.2 Å². The van der Waals surface area contributed by atoms with Crippen molar-refractivity contribution >= 4 is 5.84 Å². The number of likely N-dealkylation sites (tertiary alicyclic amines) is 1. The summed E-state index contributed by atoms with van der Waals surface area (Å²) in [6.45, 7) is 6.34. The Labute approximate surface area is 179 Å². The molecule has 1 aromatic carbocycles. The summed E-state index contributed by atoms with van der Waals surface area (Å²) >= 11 is 0. The van der Waals surface area contributed by atoms with Crippen LogP contribution in [0.2, 0.25) is 0 Å². The van der Waals surface area contributed by atoms with E-state index in [2.05, 4.69) is 20.5 Å². The summed E-state index contributed by atoms with van der Waals surface area (Å²) in [5.74, 6) is 2.78. The number of ether oxygens (including phenoxy) is 2. The second-order valence-corrected chi connectivity index (χ2v) is 8.86. The van der Waals surface area contributed by atoms with Crippen LogP contribution in [0.5, 0.6) is 11.5 Å². The third kappa shape index (κ3) is 4.90. The zero-order valence-electron chi connectivity index (χ0n) is 18.4. The standard InChI is InChI=1S/C23H35N5O2/c1-16-12-22(25-2)27-23(24,26-16)19-6-7-20(29-3)21(13-19)30-15-18-8-10-28(11-9-18)14-17-4-5-17/h6-7,12-13,17-18,26H,4-5,8-11,14-15,24H2,1-3H3,(H,25,27). The lowest BCUT2D eigenvalue weighted by atomic mass is 9.97. The maximum Gasteiger partial charge on any atom is 0.190 e. The molecule has 1 aromatic rings. The first kappa shape index (κ1) is 21.0. The Balaban J connectivity index is 1.41. The molecule has 3 aliphatic rings. The lowest BCUT2D eigenvalue weighted by molar-refractivity contribution is 0.136. The number of nitrogens with one attached hydrogen (secondary N) is 2. The number of hydrogen-bond acceptors (Lipinski definition) is 6. The van der Waals surface area contributed by atoms with E-state index < -0.39 is 5.79 Å². The molecule has 1 saturated carbocycles. The lowest BCUT2D eigenvalue weighted by Gasteiger charge is -2.37. The van der Waals surface area contributed by atoms with Gasteiger partial charge in [0, 0.05) is 24.9 Å². The Morgan fingerprint density at radius 1 is 1.13 bits per heavy atom. The van der Waals surface area contributed by atoms with E-state index >= 15 is 0 Å². The fourth-order valence-corrected chi connectivity index (χ4v) is 4.33. The normalized spacial score (nSPS) is 26.7. The molecule has 164 valence electrons. The van der Waals surface area contributed by atoms with Crippen molar-refractivity contribution in [2.45, 2.75) is 38.4 Å². The topological polar surface area (TPSA) is 84.1 Å². The zero-order valence-corrected chi connectivity index (χ0v) is 18.4. The van der Waals surface area contributed by atoms with Gasteiger partial charge in [-0.25, -0.2) is 0 Å². The summed E-state index contributed by atoms with van der Waals surface area (Å²) in [4.78, 5) is 6.87. The zero-order chi connectivity index (χ0) is 21.1. The van der Waals surface area contributed by atoms with Crippen molar-refractivity contribution in [2.75, 3.05) is 40.4 Å². The van der Waals surface area contributed by atoms with E-state index in [0.29, 0.717) is 12.5 Å². The van der Waals surface area contributed by atoms with Crippen LogP contribution in [0.25, 0.3) is 0 Å². The highest BCUT2D eigenvalue weighted by Crippen LogP contribution is 2.33. The van der Waals surface area contributed by atoms with Gasteiger partial charge < -0.3 is 25.0 Å². The second-order valence-electron chi connectivity index (χ2n) is 8.86. The van der Waals surface area contributed by atoms with Gasteiger partial charge in [0.15, 0.2) is 17.3 Å². The van der Waals surface area contributed by atoms with Crippen molar-refractivity contribution < 1.29 is 9.47 Å². The molecule has 1 aliphatic carbocycles. The first-order valence-electron chi connectivity index (χ1n) is 11.0. The molecule has 0 radical (unpaired) electrons. The van der Waals surface area contributed by atoms with E-state index in [4.69, 9.17) is 15.2 Å². The minimum absolute atomic E-state index is 0.579. The van der Waals surface area contributed by atoms with Crippen molar-refractivity contribution in [1.29, 1.82) is 0 Å². The van der Waals surface area contributed by atoms with Crippen molar-refractivity contribution in [1.82, 2.24) is 15.5 Å². The molecule has 0 bridgehead atoms. The largest absolute Gasteiger partial charge is 0.493 e. The van der Waals surface area contributed by atoms with Gasteiger partial charge in [0.1, 0.15) is 5.84 Å². The highest BCUT2D eigenvalue weighted by Gasteiger charge is 2.32. The predicted octanol–water partition coefficient (Wildman–Crippen LogP) is 2.39.